The molecule has 0 radical (unpaired) electrons. The minimum Gasteiger partial charge on any atom is -0.304 e. The van der Waals surface area contributed by atoms with Crippen LogP contribution in [-0.2, 0) is 0 Å². The molecule has 3 rings (SSSR count). The average Bonchev–Trinajstić information content (AvgIpc) is 2.98. The van der Waals surface area contributed by atoms with Crippen LogP contribution in [0.5, 0.6) is 0 Å². The van der Waals surface area contributed by atoms with Crippen LogP contribution >= 0.6 is 0 Å². The van der Waals surface area contributed by atoms with Gasteiger partial charge < -0.3 is 5.32 Å². The molecule has 2 N–H and O–H groups in total. The summed E-state index contributed by atoms with van der Waals surface area (Å²) in [5.74, 6) is 0. The van der Waals surface area contributed by atoms with Gasteiger partial charge in [-0.2, -0.15) is 5.10 Å². The van der Waals surface area contributed by atoms with E-state index in [1.165, 1.54) is 4.90 Å². The minimum atomic E-state index is -0.235. The summed E-state index contributed by atoms with van der Waals surface area (Å²) in [6.07, 6.45) is 6.71. The highest BCUT2D eigenvalue weighted by atomic mass is 16.2. The van der Waals surface area contributed by atoms with E-state index in [0.717, 1.165) is 22.4 Å². The Kier molecular flexibility index (Phi) is 3.74. The first-order valence-electron chi connectivity index (χ1n) is 7.00. The van der Waals surface area contributed by atoms with Crippen LogP contribution < -0.4 is 5.32 Å². The van der Waals surface area contributed by atoms with Crippen molar-refractivity contribution in [3.63, 3.8) is 0 Å². The predicted octanol–water partition coefficient (Wildman–Crippen LogP) is 3.08. The molecule has 2 amide bonds. The predicted molar refractivity (Wildman–Crippen MR) is 86.9 cm³/mol. The number of aryl methyl sites for hydroxylation is 2. The molecule has 0 saturated heterocycles. The van der Waals surface area contributed by atoms with Crippen molar-refractivity contribution in [2.45, 2.75) is 13.8 Å². The van der Waals surface area contributed by atoms with Crippen LogP contribution in [0.1, 0.15) is 11.1 Å². The zero-order valence-electron chi connectivity index (χ0n) is 12.5. The average molecular weight is 295 g/mol. The van der Waals surface area contributed by atoms with Gasteiger partial charge in [-0.25, -0.2) is 4.79 Å². The van der Waals surface area contributed by atoms with Gasteiger partial charge in [0.25, 0.3) is 0 Å². The highest BCUT2D eigenvalue weighted by molar-refractivity contribution is 5.94. The molecule has 22 heavy (non-hydrogen) atoms. The molecule has 0 atom stereocenters. The zero-order valence-corrected chi connectivity index (χ0v) is 12.5. The Labute approximate surface area is 128 Å². The number of aromatic nitrogens is 2. The van der Waals surface area contributed by atoms with Crippen molar-refractivity contribution in [1.82, 2.24) is 15.1 Å². The van der Waals surface area contributed by atoms with Crippen molar-refractivity contribution in [3.8, 4) is 11.3 Å². The summed E-state index contributed by atoms with van der Waals surface area (Å²) >= 11 is 0. The standard InChI is InChI=1S/C16H17N5O/c1-11-4-5-12(2)13(8-11)15-14(9-18-20-15)19-16(22)21-7-3-6-17-10-21/h3-9H,10H2,1-2H3,(H,18,20)(H,19,22). The highest BCUT2D eigenvalue weighted by Crippen LogP contribution is 2.29. The second kappa shape index (κ2) is 5.85. The maximum Gasteiger partial charge on any atom is 0.327 e. The van der Waals surface area contributed by atoms with Gasteiger partial charge in [0.05, 0.1) is 17.6 Å². The van der Waals surface area contributed by atoms with Crippen molar-refractivity contribution in [1.29, 1.82) is 0 Å². The van der Waals surface area contributed by atoms with Crippen molar-refractivity contribution >= 4 is 17.9 Å². The van der Waals surface area contributed by atoms with Gasteiger partial charge in [-0.1, -0.05) is 17.7 Å². The third-order valence-corrected chi connectivity index (χ3v) is 3.50. The number of H-pyrrole nitrogens is 1. The van der Waals surface area contributed by atoms with Crippen LogP contribution in [-0.4, -0.2) is 34.0 Å². The normalized spacial score (nSPS) is 13.5. The van der Waals surface area contributed by atoms with E-state index in [1.54, 1.807) is 24.7 Å². The number of urea groups is 1. The summed E-state index contributed by atoms with van der Waals surface area (Å²) in [4.78, 5) is 17.8. The molecule has 0 saturated carbocycles. The molecule has 0 aliphatic carbocycles. The number of anilines is 1. The third-order valence-electron chi connectivity index (χ3n) is 3.50. The number of aromatic amines is 1. The molecule has 2 aromatic rings. The van der Waals surface area contributed by atoms with Gasteiger partial charge in [0.2, 0.25) is 0 Å². The number of hydrogen-bond donors (Lipinski definition) is 2. The molecule has 1 aromatic heterocycles. The van der Waals surface area contributed by atoms with Crippen LogP contribution in [0, 0.1) is 13.8 Å². The first-order chi connectivity index (χ1) is 10.6. The van der Waals surface area contributed by atoms with Gasteiger partial charge in [0.1, 0.15) is 6.67 Å². The summed E-state index contributed by atoms with van der Waals surface area (Å²) in [5, 5.41) is 9.90. The Bertz CT molecular complexity index is 760. The van der Waals surface area contributed by atoms with Gasteiger partial charge in [-0.15, -0.1) is 0 Å². The van der Waals surface area contributed by atoms with Gasteiger partial charge in [-0.05, 0) is 31.6 Å². The number of nitrogens with zero attached hydrogens (tertiary/aromatic N) is 3. The van der Waals surface area contributed by atoms with Crippen molar-refractivity contribution in [2.24, 2.45) is 4.99 Å². The van der Waals surface area contributed by atoms with Crippen molar-refractivity contribution in [3.05, 3.63) is 47.8 Å². The lowest BCUT2D eigenvalue weighted by Gasteiger charge is -2.18. The lowest BCUT2D eigenvalue weighted by molar-refractivity contribution is 0.229. The van der Waals surface area contributed by atoms with E-state index in [0.29, 0.717) is 12.4 Å². The summed E-state index contributed by atoms with van der Waals surface area (Å²) in [6.45, 7) is 4.39. The molecule has 1 aromatic carbocycles. The zero-order chi connectivity index (χ0) is 15.5. The maximum atomic E-state index is 12.2. The first kappa shape index (κ1) is 14.1. The molecule has 2 heterocycles. The van der Waals surface area contributed by atoms with Gasteiger partial charge in [0.15, 0.2) is 0 Å². The Balaban J connectivity index is 1.86. The third kappa shape index (κ3) is 2.76. The Morgan fingerprint density at radius 1 is 1.36 bits per heavy atom. The molecular formula is C16H17N5O. The summed E-state index contributed by atoms with van der Waals surface area (Å²) in [5.41, 5.74) is 4.76. The molecule has 0 bridgehead atoms. The number of aliphatic imine (C=N–C) groups is 1. The fraction of sp³-hybridized carbons (Fsp3) is 0.188. The lowest BCUT2D eigenvalue weighted by atomic mass is 10.0. The SMILES string of the molecule is Cc1ccc(C)c(-c2[nH]ncc2NC(=O)N2C=CC=NC2)c1. The molecule has 1 aliphatic rings. The fourth-order valence-electron chi connectivity index (χ4n) is 2.30. The van der Waals surface area contributed by atoms with Crippen molar-refractivity contribution in [2.75, 3.05) is 12.0 Å². The topological polar surface area (TPSA) is 73.4 Å². The number of hydrogen-bond acceptors (Lipinski definition) is 3. The smallest absolute Gasteiger partial charge is 0.304 e. The lowest BCUT2D eigenvalue weighted by Crippen LogP contribution is -2.31. The molecule has 0 fully saturated rings. The number of benzene rings is 1. The van der Waals surface area contributed by atoms with Crippen LogP contribution in [0.25, 0.3) is 11.3 Å². The van der Waals surface area contributed by atoms with Gasteiger partial charge in [-0.3, -0.25) is 15.0 Å². The minimum absolute atomic E-state index is 0.235. The van der Waals surface area contributed by atoms with Crippen LogP contribution in [0.15, 0.2) is 41.7 Å². The van der Waals surface area contributed by atoms with Crippen LogP contribution in [0.3, 0.4) is 0 Å². The molecule has 0 unspecified atom stereocenters. The number of nitrogens with one attached hydrogen (secondary N) is 2. The molecular weight excluding hydrogens is 278 g/mol. The van der Waals surface area contributed by atoms with Gasteiger partial charge in [0, 0.05) is 18.0 Å². The van der Waals surface area contributed by atoms with Crippen LogP contribution in [0.4, 0.5) is 10.5 Å². The number of amides is 2. The van der Waals surface area contributed by atoms with E-state index < -0.39 is 0 Å². The van der Waals surface area contributed by atoms with Gasteiger partial charge >= 0.3 is 6.03 Å². The number of rotatable bonds is 2. The van der Waals surface area contributed by atoms with Crippen molar-refractivity contribution < 1.29 is 4.79 Å². The summed E-state index contributed by atoms with van der Waals surface area (Å²) < 4.78 is 0. The molecule has 1 aliphatic heterocycles. The number of carbonyl (C=O) groups is 1. The van der Waals surface area contributed by atoms with E-state index in [9.17, 15) is 4.79 Å². The second-order valence-corrected chi connectivity index (χ2v) is 5.19. The van der Waals surface area contributed by atoms with E-state index in [-0.39, 0.29) is 6.03 Å². The van der Waals surface area contributed by atoms with E-state index in [4.69, 9.17) is 0 Å². The monoisotopic (exact) mass is 295 g/mol. The Morgan fingerprint density at radius 3 is 3.00 bits per heavy atom. The second-order valence-electron chi connectivity index (χ2n) is 5.19. The molecule has 0 spiro atoms. The fourth-order valence-corrected chi connectivity index (χ4v) is 2.30. The maximum absolute atomic E-state index is 12.2. The summed E-state index contributed by atoms with van der Waals surface area (Å²) in [7, 11) is 0. The number of carbonyl (C=O) groups excluding carboxylic acids is 1. The first-order valence-corrected chi connectivity index (χ1v) is 7.00. The molecule has 6 nitrogen and oxygen atoms in total. The number of allylic oxidation sites excluding steroid dienone is 1. The van der Waals surface area contributed by atoms with E-state index >= 15 is 0 Å². The van der Waals surface area contributed by atoms with E-state index in [1.807, 2.05) is 13.8 Å². The Hall–Kier alpha value is -2.89. The molecule has 112 valence electrons. The summed E-state index contributed by atoms with van der Waals surface area (Å²) in [6, 6.07) is 5.95. The molecule has 6 heteroatoms. The Morgan fingerprint density at radius 2 is 2.23 bits per heavy atom. The van der Waals surface area contributed by atoms with Crippen LogP contribution in [0.2, 0.25) is 0 Å². The largest absolute Gasteiger partial charge is 0.327 e. The van der Waals surface area contributed by atoms with E-state index in [2.05, 4.69) is 38.7 Å². The highest BCUT2D eigenvalue weighted by Gasteiger charge is 2.16. The quantitative estimate of drug-likeness (QED) is 0.893.